The predicted molar refractivity (Wildman–Crippen MR) is 86.3 cm³/mol. The van der Waals surface area contributed by atoms with Crippen LogP contribution in [0.3, 0.4) is 0 Å². The molecular weight excluding hydrogens is 304 g/mol. The molecule has 0 spiro atoms. The summed E-state index contributed by atoms with van der Waals surface area (Å²) in [7, 11) is -3.50. The van der Waals surface area contributed by atoms with E-state index >= 15 is 0 Å². The lowest BCUT2D eigenvalue weighted by atomic mass is 10.2. The minimum Gasteiger partial charge on any atom is -0.308 e. The molecule has 1 aliphatic heterocycles. The Labute approximate surface area is 129 Å². The monoisotopic (exact) mass is 322 g/mol. The number of rotatable bonds is 2. The van der Waals surface area contributed by atoms with Crippen LogP contribution in [0.2, 0.25) is 0 Å². The molecule has 21 heavy (non-hydrogen) atoms. The van der Waals surface area contributed by atoms with Gasteiger partial charge in [0.15, 0.2) is 0 Å². The molecule has 0 aliphatic carbocycles. The van der Waals surface area contributed by atoms with Crippen molar-refractivity contribution in [1.29, 1.82) is 0 Å². The molecule has 0 amide bonds. The zero-order chi connectivity index (χ0) is 15.0. The third-order valence-corrected chi connectivity index (χ3v) is 6.85. The molecule has 6 heteroatoms. The van der Waals surface area contributed by atoms with Crippen molar-refractivity contribution in [3.05, 3.63) is 46.8 Å². The number of hydrogen-bond acceptors (Lipinski definition) is 4. The molecule has 0 radical (unpaired) electrons. The van der Waals surface area contributed by atoms with E-state index in [1.165, 1.54) is 15.6 Å². The van der Waals surface area contributed by atoms with Gasteiger partial charge < -0.3 is 5.32 Å². The van der Waals surface area contributed by atoms with Gasteiger partial charge in [-0.05, 0) is 37.6 Å². The highest BCUT2D eigenvalue weighted by Gasteiger charge is 2.30. The van der Waals surface area contributed by atoms with Crippen LogP contribution < -0.4 is 9.62 Å². The second kappa shape index (κ2) is 5.44. The van der Waals surface area contributed by atoms with Crippen LogP contribution in [0.15, 0.2) is 40.6 Å². The number of hydrogen-bond donors (Lipinski definition) is 1. The maximum absolute atomic E-state index is 13.0. The fourth-order valence-corrected chi connectivity index (χ4v) is 5.48. The lowest BCUT2D eigenvalue weighted by Crippen LogP contribution is -2.39. The average Bonchev–Trinajstić information content (AvgIpc) is 2.82. The summed E-state index contributed by atoms with van der Waals surface area (Å²) in [5, 5.41) is 3.36. The van der Waals surface area contributed by atoms with Gasteiger partial charge in [0.2, 0.25) is 0 Å². The number of benzene rings is 1. The third-order valence-electron chi connectivity index (χ3n) is 3.60. The topological polar surface area (TPSA) is 49.4 Å². The number of nitrogens with zero attached hydrogens (tertiary/aromatic N) is 1. The van der Waals surface area contributed by atoms with E-state index in [0.717, 1.165) is 16.1 Å². The van der Waals surface area contributed by atoms with E-state index in [4.69, 9.17) is 0 Å². The fraction of sp³-hybridized carbons (Fsp3) is 0.333. The van der Waals surface area contributed by atoms with Gasteiger partial charge in [-0.2, -0.15) is 0 Å². The minimum atomic E-state index is -3.50. The van der Waals surface area contributed by atoms with Crippen LogP contribution in [-0.4, -0.2) is 21.0 Å². The van der Waals surface area contributed by atoms with Crippen molar-refractivity contribution in [2.24, 2.45) is 0 Å². The van der Waals surface area contributed by atoms with Gasteiger partial charge in [0.05, 0.1) is 5.69 Å². The molecule has 1 atom stereocenters. The zero-order valence-corrected chi connectivity index (χ0v) is 13.7. The molecule has 0 fully saturated rings. The van der Waals surface area contributed by atoms with Crippen molar-refractivity contribution < 1.29 is 8.42 Å². The van der Waals surface area contributed by atoms with E-state index in [2.05, 4.69) is 5.32 Å². The summed E-state index contributed by atoms with van der Waals surface area (Å²) in [6, 6.07) is 11.3. The van der Waals surface area contributed by atoms with Crippen molar-refractivity contribution in [1.82, 2.24) is 5.32 Å². The zero-order valence-electron chi connectivity index (χ0n) is 12.0. The highest BCUT2D eigenvalue weighted by molar-refractivity contribution is 7.94. The first-order chi connectivity index (χ1) is 9.98. The first-order valence-corrected chi connectivity index (χ1v) is 9.14. The largest absolute Gasteiger partial charge is 0.308 e. The van der Waals surface area contributed by atoms with Crippen LogP contribution in [0.4, 0.5) is 5.69 Å². The Morgan fingerprint density at radius 1 is 1.24 bits per heavy atom. The second-order valence-corrected chi connectivity index (χ2v) is 8.69. The standard InChI is InChI=1S/C15H18N2O2S2/c1-11-10-17(14-6-4-3-5-13(14)9-16-11)21(18,19)15-8-7-12(2)20-15/h3-8,11,16H,9-10H2,1-2H3. The average molecular weight is 322 g/mol. The van der Waals surface area contributed by atoms with Gasteiger partial charge in [-0.25, -0.2) is 8.42 Å². The van der Waals surface area contributed by atoms with E-state index in [1.54, 1.807) is 6.07 Å². The number of anilines is 1. The number of fused-ring (bicyclic) bond motifs is 1. The summed E-state index contributed by atoms with van der Waals surface area (Å²) < 4.78 is 27.9. The number of thiophene rings is 1. The summed E-state index contributed by atoms with van der Waals surface area (Å²) in [5.74, 6) is 0. The summed E-state index contributed by atoms with van der Waals surface area (Å²) in [5.41, 5.74) is 1.79. The molecule has 1 aromatic carbocycles. The van der Waals surface area contributed by atoms with E-state index in [9.17, 15) is 8.42 Å². The predicted octanol–water partition coefficient (Wildman–Crippen LogP) is 2.74. The molecular formula is C15H18N2O2S2. The van der Waals surface area contributed by atoms with Gasteiger partial charge in [0.1, 0.15) is 4.21 Å². The molecule has 1 aromatic heterocycles. The first-order valence-electron chi connectivity index (χ1n) is 6.89. The quantitative estimate of drug-likeness (QED) is 0.925. The number of aryl methyl sites for hydroxylation is 1. The Balaban J connectivity index is 2.11. The van der Waals surface area contributed by atoms with E-state index in [-0.39, 0.29) is 6.04 Å². The van der Waals surface area contributed by atoms with Gasteiger partial charge in [-0.15, -0.1) is 11.3 Å². The van der Waals surface area contributed by atoms with Gasteiger partial charge >= 0.3 is 0 Å². The molecule has 1 N–H and O–H groups in total. The maximum atomic E-state index is 13.0. The summed E-state index contributed by atoms with van der Waals surface area (Å²) in [6.45, 7) is 5.06. The number of para-hydroxylation sites is 1. The van der Waals surface area contributed by atoms with E-state index in [0.29, 0.717) is 17.3 Å². The van der Waals surface area contributed by atoms with Crippen molar-refractivity contribution in [3.63, 3.8) is 0 Å². The highest BCUT2D eigenvalue weighted by atomic mass is 32.2. The molecule has 112 valence electrons. The Bertz CT molecular complexity index is 753. The summed E-state index contributed by atoms with van der Waals surface area (Å²) >= 11 is 1.32. The van der Waals surface area contributed by atoms with E-state index < -0.39 is 10.0 Å². The van der Waals surface area contributed by atoms with Crippen molar-refractivity contribution in [2.75, 3.05) is 10.8 Å². The lowest BCUT2D eigenvalue weighted by Gasteiger charge is -2.25. The molecule has 1 aliphatic rings. The minimum absolute atomic E-state index is 0.105. The van der Waals surface area contributed by atoms with Crippen molar-refractivity contribution >= 4 is 27.0 Å². The van der Waals surface area contributed by atoms with Crippen LogP contribution in [0.25, 0.3) is 0 Å². The molecule has 4 nitrogen and oxygen atoms in total. The fourth-order valence-electron chi connectivity index (χ4n) is 2.49. The Morgan fingerprint density at radius 2 is 2.00 bits per heavy atom. The molecule has 2 aromatic rings. The van der Waals surface area contributed by atoms with Gasteiger partial charge in [0, 0.05) is 24.0 Å². The van der Waals surface area contributed by atoms with Crippen LogP contribution in [0, 0.1) is 6.92 Å². The maximum Gasteiger partial charge on any atom is 0.273 e. The van der Waals surface area contributed by atoms with E-state index in [1.807, 2.05) is 44.2 Å². The lowest BCUT2D eigenvalue weighted by molar-refractivity contribution is 0.557. The van der Waals surface area contributed by atoms with Gasteiger partial charge in [-0.1, -0.05) is 18.2 Å². The Kier molecular flexibility index (Phi) is 3.77. The molecule has 1 unspecified atom stereocenters. The first kappa shape index (κ1) is 14.6. The molecule has 2 heterocycles. The van der Waals surface area contributed by atoms with Crippen molar-refractivity contribution in [2.45, 2.75) is 30.6 Å². The molecule has 0 saturated carbocycles. The summed E-state index contributed by atoms with van der Waals surface area (Å²) in [4.78, 5) is 1.00. The normalized spacial score (nSPS) is 19.1. The Morgan fingerprint density at radius 3 is 2.71 bits per heavy atom. The third kappa shape index (κ3) is 2.71. The van der Waals surface area contributed by atoms with Crippen LogP contribution in [0.1, 0.15) is 17.4 Å². The number of nitrogens with one attached hydrogen (secondary N) is 1. The van der Waals surface area contributed by atoms with Crippen LogP contribution in [-0.2, 0) is 16.6 Å². The highest BCUT2D eigenvalue weighted by Crippen LogP contribution is 2.31. The molecule has 3 rings (SSSR count). The van der Waals surface area contributed by atoms with Crippen molar-refractivity contribution in [3.8, 4) is 0 Å². The van der Waals surface area contributed by atoms with Crippen LogP contribution >= 0.6 is 11.3 Å². The second-order valence-electron chi connectivity index (χ2n) is 5.31. The van der Waals surface area contributed by atoms with Gasteiger partial charge in [0.25, 0.3) is 10.0 Å². The van der Waals surface area contributed by atoms with Crippen LogP contribution in [0.5, 0.6) is 0 Å². The smallest absolute Gasteiger partial charge is 0.273 e. The SMILES string of the molecule is Cc1ccc(S(=O)(=O)N2CC(C)NCc3ccccc32)s1. The molecule has 0 saturated heterocycles. The van der Waals surface area contributed by atoms with Gasteiger partial charge in [-0.3, -0.25) is 4.31 Å². The molecule has 0 bridgehead atoms. The number of sulfonamides is 1. The Hall–Kier alpha value is -1.37. The summed E-state index contributed by atoms with van der Waals surface area (Å²) in [6.07, 6.45) is 0.